The number of nitriles is 1. The first-order valence-corrected chi connectivity index (χ1v) is 21.4. The number of pyridine rings is 2. The number of hydrogen-bond acceptors (Lipinski definition) is 9. The van der Waals surface area contributed by atoms with Crippen LogP contribution >= 0.6 is 15.9 Å². The van der Waals surface area contributed by atoms with Gasteiger partial charge >= 0.3 is 19.3 Å². The number of carbonyl (C=O) groups excluding carboxylic acids is 2. The molecule has 4 saturated heterocycles. The maximum Gasteiger partial charge on any atom is 0.488 e. The van der Waals surface area contributed by atoms with Crippen LogP contribution in [0.4, 0.5) is 24.1 Å². The molecule has 0 saturated carbocycles. The molecule has 4 aliphatic rings. The molecule has 8 rings (SSSR count). The lowest BCUT2D eigenvalue weighted by molar-refractivity contribution is 0.0201. The summed E-state index contributed by atoms with van der Waals surface area (Å²) in [5.74, 6) is -0.719. The highest BCUT2D eigenvalue weighted by atomic mass is 79.9. The van der Waals surface area contributed by atoms with E-state index < -0.39 is 30.2 Å². The van der Waals surface area contributed by atoms with E-state index in [0.717, 1.165) is 49.7 Å². The minimum Gasteiger partial charge on any atom is -0.444 e. The van der Waals surface area contributed by atoms with E-state index in [-0.39, 0.29) is 48.2 Å². The molecule has 2 aromatic carbocycles. The third kappa shape index (κ3) is 10.8. The SMILES string of the molecule is CC(C)(C)OC(=O)N1C2CCC1C(c1cnc(F)c(-c3ccc(C#N)cc3)c1)C2.CC(C)(C)OC(=O)N1C2CCC1C(c1cnc(F)c(Br)c1)C2.[C-]#[N+]c1ccc(B(O)O)cc1. The topological polar surface area (TPSA) is 153 Å². The molecule has 4 aliphatic heterocycles. The summed E-state index contributed by atoms with van der Waals surface area (Å²) in [5, 5.41) is 26.3. The smallest absolute Gasteiger partial charge is 0.444 e. The van der Waals surface area contributed by atoms with Crippen molar-refractivity contribution >= 4 is 46.4 Å². The summed E-state index contributed by atoms with van der Waals surface area (Å²) in [4.78, 5) is 39.8. The molecule has 4 aromatic rings. The molecule has 2 aromatic heterocycles. The number of ether oxygens (including phenoxy) is 2. The molecule has 0 radical (unpaired) electrons. The van der Waals surface area contributed by atoms with Crippen molar-refractivity contribution in [3.05, 3.63) is 118 Å². The van der Waals surface area contributed by atoms with Crippen molar-refractivity contribution in [2.24, 2.45) is 0 Å². The fourth-order valence-electron chi connectivity index (χ4n) is 8.85. The molecule has 4 fully saturated rings. The van der Waals surface area contributed by atoms with Gasteiger partial charge in [0.2, 0.25) is 11.9 Å². The van der Waals surface area contributed by atoms with Gasteiger partial charge in [-0.1, -0.05) is 36.4 Å². The third-order valence-corrected chi connectivity index (χ3v) is 12.0. The normalized spacial score (nSPS) is 22.1. The Labute approximate surface area is 370 Å². The van der Waals surface area contributed by atoms with Crippen molar-refractivity contribution in [3.8, 4) is 17.2 Å². The lowest BCUT2D eigenvalue weighted by atomic mass is 9.80. The van der Waals surface area contributed by atoms with Gasteiger partial charge < -0.3 is 29.3 Å². The number of carbonyl (C=O) groups is 2. The van der Waals surface area contributed by atoms with E-state index in [2.05, 4.69) is 36.8 Å². The second-order valence-corrected chi connectivity index (χ2v) is 18.8. The summed E-state index contributed by atoms with van der Waals surface area (Å²) < 4.78 is 39.3. The van der Waals surface area contributed by atoms with Crippen molar-refractivity contribution in [2.75, 3.05) is 0 Å². The molecule has 0 spiro atoms. The fraction of sp³-hybridized carbons (Fsp3) is 0.435. The van der Waals surface area contributed by atoms with Crippen molar-refractivity contribution < 1.29 is 37.9 Å². The first-order valence-electron chi connectivity index (χ1n) is 20.6. The Morgan fingerprint density at radius 1 is 0.806 bits per heavy atom. The van der Waals surface area contributed by atoms with Crippen LogP contribution in [-0.4, -0.2) is 84.5 Å². The average Bonchev–Trinajstić information content (AvgIpc) is 4.02. The van der Waals surface area contributed by atoms with Crippen molar-refractivity contribution in [3.63, 3.8) is 0 Å². The van der Waals surface area contributed by atoms with E-state index in [1.54, 1.807) is 54.9 Å². The van der Waals surface area contributed by atoms with Gasteiger partial charge in [-0.2, -0.15) is 14.0 Å². The number of halogens is 3. The summed E-state index contributed by atoms with van der Waals surface area (Å²) in [6, 6.07) is 19.1. The highest BCUT2D eigenvalue weighted by Crippen LogP contribution is 2.49. The van der Waals surface area contributed by atoms with E-state index in [0.29, 0.717) is 32.3 Å². The molecule has 2 amide bonds. The van der Waals surface area contributed by atoms with Gasteiger partial charge in [-0.3, -0.25) is 0 Å². The number of amides is 2. The Morgan fingerprint density at radius 2 is 1.29 bits per heavy atom. The molecule has 62 heavy (non-hydrogen) atoms. The van der Waals surface area contributed by atoms with Crippen LogP contribution in [0, 0.1) is 29.8 Å². The van der Waals surface area contributed by atoms with Crippen LogP contribution in [0.5, 0.6) is 0 Å². The number of hydrogen-bond donors (Lipinski definition) is 2. The lowest BCUT2D eigenvalue weighted by Crippen LogP contribution is -2.40. The van der Waals surface area contributed by atoms with E-state index in [1.807, 2.05) is 57.4 Å². The summed E-state index contributed by atoms with van der Waals surface area (Å²) in [5.41, 5.74) is 3.41. The average molecular weight is 912 g/mol. The minimum atomic E-state index is -1.45. The maximum atomic E-state index is 14.4. The summed E-state index contributed by atoms with van der Waals surface area (Å²) in [6.07, 6.45) is 8.25. The van der Waals surface area contributed by atoms with E-state index in [9.17, 15) is 18.4 Å². The predicted molar refractivity (Wildman–Crippen MR) is 233 cm³/mol. The number of aromatic nitrogens is 2. The Balaban J connectivity index is 0.000000171. The Kier molecular flexibility index (Phi) is 14.1. The predicted octanol–water partition coefficient (Wildman–Crippen LogP) is 9.17. The molecule has 16 heteroatoms. The zero-order chi connectivity index (χ0) is 45.1. The van der Waals surface area contributed by atoms with Crippen molar-refractivity contribution in [1.29, 1.82) is 5.26 Å². The Hall–Kier alpha value is -5.42. The molecule has 6 unspecified atom stereocenters. The molecular weight excluding hydrogens is 861 g/mol. The van der Waals surface area contributed by atoms with Gasteiger partial charge in [-0.15, -0.1) is 0 Å². The first-order chi connectivity index (χ1) is 29.3. The standard InChI is InChI=1S/C23H24FN3O2.C16H20BrFN2O2.C7H6BNO2/c1-23(2,3)29-22(28)27-17-8-9-20(27)18(11-17)16-10-19(21(24)26-13-16)15-6-4-14(12-25)5-7-15;1-16(2,3)22-15(21)20-10-4-5-13(20)11(7-10)9-6-12(17)14(18)19-8-9;1-9-7-4-2-6(3-5-7)8(10)11/h4-7,10,13,17-18,20H,8-9,11H2,1-3H3;6,8,10-11,13H,4-5,7H2,1-3H3;2-5,10-11H. The van der Waals surface area contributed by atoms with Crippen LogP contribution in [0.15, 0.2) is 77.5 Å². The minimum absolute atomic E-state index is 0.0518. The van der Waals surface area contributed by atoms with E-state index in [1.165, 1.54) is 12.1 Å². The molecule has 6 atom stereocenters. The van der Waals surface area contributed by atoms with E-state index in [4.69, 9.17) is 31.4 Å². The molecule has 4 bridgehead atoms. The maximum absolute atomic E-state index is 14.4. The zero-order valence-electron chi connectivity index (χ0n) is 35.6. The van der Waals surface area contributed by atoms with Gasteiger partial charge in [-0.25, -0.2) is 24.4 Å². The Morgan fingerprint density at radius 3 is 1.73 bits per heavy atom. The largest absolute Gasteiger partial charge is 0.488 e. The third-order valence-electron chi connectivity index (χ3n) is 11.5. The van der Waals surface area contributed by atoms with Crippen LogP contribution < -0.4 is 5.46 Å². The first kappa shape index (κ1) is 46.1. The number of benzene rings is 2. The quantitative estimate of drug-likeness (QED) is 0.116. The second-order valence-electron chi connectivity index (χ2n) is 18.0. The van der Waals surface area contributed by atoms with Gasteiger partial charge in [0, 0.05) is 54.0 Å². The number of rotatable bonds is 4. The summed E-state index contributed by atoms with van der Waals surface area (Å²) >= 11 is 3.19. The number of nitrogens with zero attached hydrogens (tertiary/aromatic N) is 6. The highest BCUT2D eigenvalue weighted by Gasteiger charge is 2.51. The monoisotopic (exact) mass is 910 g/mol. The van der Waals surface area contributed by atoms with E-state index >= 15 is 0 Å². The van der Waals surface area contributed by atoms with Crippen LogP contribution in [0.25, 0.3) is 16.0 Å². The van der Waals surface area contributed by atoms with Gasteiger partial charge in [0.25, 0.3) is 0 Å². The molecular formula is C46H50BBrF2N6O6. The van der Waals surface area contributed by atoms with Gasteiger partial charge in [0.05, 0.1) is 22.7 Å². The van der Waals surface area contributed by atoms with Crippen LogP contribution in [0.1, 0.15) is 109 Å². The van der Waals surface area contributed by atoms with Crippen LogP contribution in [0.3, 0.4) is 0 Å². The van der Waals surface area contributed by atoms with Gasteiger partial charge in [-0.05, 0) is 142 Å². The van der Waals surface area contributed by atoms with Gasteiger partial charge in [0.15, 0.2) is 5.69 Å². The van der Waals surface area contributed by atoms with Crippen LogP contribution in [-0.2, 0) is 9.47 Å². The molecule has 324 valence electrons. The molecule has 6 heterocycles. The molecule has 0 aliphatic carbocycles. The van der Waals surface area contributed by atoms with Crippen molar-refractivity contribution in [1.82, 2.24) is 19.8 Å². The lowest BCUT2D eigenvalue weighted by Gasteiger charge is -2.28. The van der Waals surface area contributed by atoms with Crippen LogP contribution in [0.2, 0.25) is 0 Å². The zero-order valence-corrected chi connectivity index (χ0v) is 37.1. The second kappa shape index (κ2) is 18.9. The highest BCUT2D eigenvalue weighted by molar-refractivity contribution is 9.10. The van der Waals surface area contributed by atoms with Gasteiger partial charge in [0.1, 0.15) is 11.2 Å². The van der Waals surface area contributed by atoms with Crippen molar-refractivity contribution in [2.45, 2.75) is 127 Å². The molecule has 12 nitrogen and oxygen atoms in total. The number of fused-ring (bicyclic) bond motifs is 4. The Bertz CT molecular complexity index is 2340. The fourth-order valence-corrected chi connectivity index (χ4v) is 9.21. The summed E-state index contributed by atoms with van der Waals surface area (Å²) in [6.45, 7) is 17.9. The molecule has 2 N–H and O–H groups in total. The summed E-state index contributed by atoms with van der Waals surface area (Å²) in [7, 11) is -1.45.